The summed E-state index contributed by atoms with van der Waals surface area (Å²) in [5.74, 6) is -0.892. The first-order valence-electron chi connectivity index (χ1n) is 4.30. The van der Waals surface area contributed by atoms with E-state index < -0.39 is 24.4 Å². The lowest BCUT2D eigenvalue weighted by molar-refractivity contribution is -0.149. The van der Waals surface area contributed by atoms with E-state index in [1.54, 1.807) is 7.05 Å². The van der Waals surface area contributed by atoms with Crippen molar-refractivity contribution in [2.75, 3.05) is 7.05 Å². The van der Waals surface area contributed by atoms with Crippen LogP contribution in [0.4, 0.5) is 0 Å². The fourth-order valence-corrected chi connectivity index (χ4v) is 1.66. The molecule has 0 spiro atoms. The topological polar surface area (TPSA) is 78.8 Å². The second-order valence-electron chi connectivity index (χ2n) is 3.37. The highest BCUT2D eigenvalue weighted by Gasteiger charge is 2.39. The minimum absolute atomic E-state index is 0.0588. The molecule has 0 saturated carbocycles. The molecule has 1 aliphatic heterocycles. The number of carboxylic acids is 1. The number of carbonyl (C=O) groups is 1. The number of carboxylic acid groups (broad SMARTS) is 1. The van der Waals surface area contributed by atoms with Gasteiger partial charge in [-0.1, -0.05) is 6.92 Å². The van der Waals surface area contributed by atoms with Crippen molar-refractivity contribution in [3.63, 3.8) is 0 Å². The molecule has 1 heterocycles. The fraction of sp³-hybridized carbons (Fsp3) is 0.875. The first-order valence-corrected chi connectivity index (χ1v) is 4.30. The van der Waals surface area contributed by atoms with Crippen molar-refractivity contribution in [3.05, 3.63) is 0 Å². The minimum Gasteiger partial charge on any atom is -0.480 e. The second-order valence-corrected chi connectivity index (χ2v) is 3.37. The highest BCUT2D eigenvalue weighted by molar-refractivity contribution is 5.74. The van der Waals surface area contributed by atoms with E-state index >= 15 is 0 Å². The van der Waals surface area contributed by atoms with Gasteiger partial charge in [0.25, 0.3) is 0 Å². The first kappa shape index (κ1) is 10.4. The molecule has 1 fully saturated rings. The number of aliphatic hydroxyl groups excluding tert-OH is 1. The third kappa shape index (κ3) is 2.18. The molecule has 1 unspecified atom stereocenters. The third-order valence-electron chi connectivity index (χ3n) is 2.35. The van der Waals surface area contributed by atoms with E-state index in [0.717, 1.165) is 0 Å². The summed E-state index contributed by atoms with van der Waals surface area (Å²) in [5.41, 5.74) is 0. The van der Waals surface area contributed by atoms with Crippen molar-refractivity contribution in [1.29, 1.82) is 0 Å². The van der Waals surface area contributed by atoms with Gasteiger partial charge >= 0.3 is 5.97 Å². The van der Waals surface area contributed by atoms with Gasteiger partial charge in [0.1, 0.15) is 6.04 Å². The molecular formula is C8H15NO4. The number of hydrogen-bond acceptors (Lipinski definition) is 4. The van der Waals surface area contributed by atoms with Gasteiger partial charge in [-0.25, -0.2) is 0 Å². The lowest BCUT2D eigenvalue weighted by Gasteiger charge is -2.21. The number of aliphatic hydroxyl groups is 1. The largest absolute Gasteiger partial charge is 0.480 e. The molecule has 5 heteroatoms. The summed E-state index contributed by atoms with van der Waals surface area (Å²) in [7, 11) is 1.57. The number of ether oxygens (including phenoxy) is 1. The quantitative estimate of drug-likeness (QED) is 0.552. The summed E-state index contributed by atoms with van der Waals surface area (Å²) in [6.45, 7) is 1.87. The van der Waals surface area contributed by atoms with Gasteiger partial charge in [0.15, 0.2) is 6.29 Å². The Kier molecular flexibility index (Phi) is 3.24. The van der Waals surface area contributed by atoms with Gasteiger partial charge in [0, 0.05) is 6.42 Å². The Morgan fingerprint density at radius 2 is 2.31 bits per heavy atom. The van der Waals surface area contributed by atoms with Crippen LogP contribution < -0.4 is 5.32 Å². The molecule has 76 valence electrons. The van der Waals surface area contributed by atoms with E-state index in [9.17, 15) is 4.79 Å². The Balaban J connectivity index is 2.64. The van der Waals surface area contributed by atoms with Crippen molar-refractivity contribution < 1.29 is 19.7 Å². The molecule has 0 amide bonds. The van der Waals surface area contributed by atoms with Crippen LogP contribution in [0.3, 0.4) is 0 Å². The number of hydrogen-bond donors (Lipinski definition) is 3. The maximum absolute atomic E-state index is 10.7. The molecule has 4 atom stereocenters. The van der Waals surface area contributed by atoms with Crippen LogP contribution in [-0.4, -0.2) is 41.7 Å². The van der Waals surface area contributed by atoms with Crippen LogP contribution in [-0.2, 0) is 9.53 Å². The highest BCUT2D eigenvalue weighted by Crippen LogP contribution is 2.26. The Hall–Kier alpha value is -0.650. The summed E-state index contributed by atoms with van der Waals surface area (Å²) in [4.78, 5) is 10.7. The Bertz CT molecular complexity index is 197. The van der Waals surface area contributed by atoms with E-state index in [2.05, 4.69) is 5.32 Å². The number of likely N-dealkylation sites (N-methyl/N-ethyl adjacent to an activating group) is 1. The Morgan fingerprint density at radius 1 is 1.69 bits per heavy atom. The van der Waals surface area contributed by atoms with E-state index in [1.165, 1.54) is 0 Å². The first-order chi connectivity index (χ1) is 6.06. The van der Waals surface area contributed by atoms with Crippen molar-refractivity contribution in [1.82, 2.24) is 5.32 Å². The van der Waals surface area contributed by atoms with Crippen LogP contribution in [0.1, 0.15) is 13.3 Å². The molecule has 0 radical (unpaired) electrons. The number of aliphatic carboxylic acids is 1. The van der Waals surface area contributed by atoms with Crippen LogP contribution in [0, 0.1) is 5.92 Å². The van der Waals surface area contributed by atoms with Crippen molar-refractivity contribution in [2.24, 2.45) is 5.92 Å². The van der Waals surface area contributed by atoms with Crippen LogP contribution >= 0.6 is 0 Å². The second kappa shape index (κ2) is 4.04. The Morgan fingerprint density at radius 3 is 2.62 bits per heavy atom. The van der Waals surface area contributed by atoms with E-state index in [0.29, 0.717) is 6.42 Å². The van der Waals surface area contributed by atoms with Crippen LogP contribution in [0.5, 0.6) is 0 Å². The van der Waals surface area contributed by atoms with Crippen molar-refractivity contribution >= 4 is 5.97 Å². The van der Waals surface area contributed by atoms with E-state index in [-0.39, 0.29) is 5.92 Å². The van der Waals surface area contributed by atoms with Gasteiger partial charge in [-0.05, 0) is 13.0 Å². The molecule has 1 rings (SSSR count). The average molecular weight is 189 g/mol. The number of rotatable bonds is 3. The average Bonchev–Trinajstić information content (AvgIpc) is 2.31. The Labute approximate surface area is 76.7 Å². The SMILES string of the molecule is CN[C@H](C(=O)O)[C@@H]1OC(O)C[C@H]1C. The summed E-state index contributed by atoms with van der Waals surface area (Å²) >= 11 is 0. The molecule has 1 saturated heterocycles. The molecule has 0 aromatic carbocycles. The molecule has 1 aliphatic rings. The van der Waals surface area contributed by atoms with E-state index in [4.69, 9.17) is 14.9 Å². The predicted octanol–water partition coefficient (Wildman–Crippen LogP) is -0.598. The zero-order valence-corrected chi connectivity index (χ0v) is 7.73. The predicted molar refractivity (Wildman–Crippen MR) is 45.1 cm³/mol. The highest BCUT2D eigenvalue weighted by atomic mass is 16.6. The maximum Gasteiger partial charge on any atom is 0.323 e. The molecule has 0 aromatic heterocycles. The summed E-state index contributed by atoms with van der Waals surface area (Å²) in [6.07, 6.45) is -0.774. The van der Waals surface area contributed by atoms with Crippen molar-refractivity contribution in [3.8, 4) is 0 Å². The molecule has 3 N–H and O–H groups in total. The number of nitrogens with one attached hydrogen (secondary N) is 1. The molecule has 13 heavy (non-hydrogen) atoms. The fourth-order valence-electron chi connectivity index (χ4n) is 1.66. The monoisotopic (exact) mass is 189 g/mol. The van der Waals surface area contributed by atoms with Gasteiger partial charge < -0.3 is 20.3 Å². The van der Waals surface area contributed by atoms with Gasteiger partial charge in [-0.3, -0.25) is 4.79 Å². The third-order valence-corrected chi connectivity index (χ3v) is 2.35. The molecule has 5 nitrogen and oxygen atoms in total. The van der Waals surface area contributed by atoms with Crippen LogP contribution in [0.2, 0.25) is 0 Å². The molecule has 0 aliphatic carbocycles. The van der Waals surface area contributed by atoms with Gasteiger partial charge in [0.2, 0.25) is 0 Å². The maximum atomic E-state index is 10.7. The summed E-state index contributed by atoms with van der Waals surface area (Å²) < 4.78 is 5.10. The summed E-state index contributed by atoms with van der Waals surface area (Å²) in [6, 6.07) is -0.743. The van der Waals surface area contributed by atoms with Gasteiger partial charge in [-0.2, -0.15) is 0 Å². The zero-order valence-electron chi connectivity index (χ0n) is 7.73. The lowest BCUT2D eigenvalue weighted by atomic mass is 9.97. The minimum atomic E-state index is -0.951. The van der Waals surface area contributed by atoms with Crippen molar-refractivity contribution in [2.45, 2.75) is 31.8 Å². The van der Waals surface area contributed by atoms with Gasteiger partial charge in [0.05, 0.1) is 6.10 Å². The zero-order chi connectivity index (χ0) is 10.0. The summed E-state index contributed by atoms with van der Waals surface area (Å²) in [5, 5.41) is 20.6. The van der Waals surface area contributed by atoms with Gasteiger partial charge in [-0.15, -0.1) is 0 Å². The molecule has 0 aromatic rings. The lowest BCUT2D eigenvalue weighted by Crippen LogP contribution is -2.46. The van der Waals surface area contributed by atoms with Crippen LogP contribution in [0.25, 0.3) is 0 Å². The smallest absolute Gasteiger partial charge is 0.323 e. The van der Waals surface area contributed by atoms with Crippen LogP contribution in [0.15, 0.2) is 0 Å². The normalized spacial score (nSPS) is 36.1. The molecule has 0 bridgehead atoms. The van der Waals surface area contributed by atoms with E-state index in [1.807, 2.05) is 6.92 Å². The molecular weight excluding hydrogens is 174 g/mol. The standard InChI is InChI=1S/C8H15NO4/c1-4-3-5(10)13-7(4)6(9-2)8(11)12/h4-7,9-10H,3H2,1-2H3,(H,11,12)/t4-,5?,6+,7-/m1/s1.